The fourth-order valence-electron chi connectivity index (χ4n) is 1.63. The molecule has 0 spiro atoms. The zero-order valence-corrected chi connectivity index (χ0v) is 11.7. The molecule has 0 aliphatic heterocycles. The molecule has 2 rings (SSSR count). The topological polar surface area (TPSA) is 35.3 Å². The highest BCUT2D eigenvalue weighted by molar-refractivity contribution is 9.10. The first-order chi connectivity index (χ1) is 8.06. The number of hydrogen-bond acceptors (Lipinski definition) is 3. The lowest BCUT2D eigenvalue weighted by Gasteiger charge is -2.08. The molecule has 2 aromatic rings. The Morgan fingerprint density at radius 1 is 1.18 bits per heavy atom. The van der Waals surface area contributed by atoms with E-state index in [9.17, 15) is 0 Å². The average Bonchev–Trinajstić information content (AvgIpc) is 2.69. The van der Waals surface area contributed by atoms with Crippen LogP contribution < -0.4 is 4.74 Å². The van der Waals surface area contributed by atoms with Gasteiger partial charge in [-0.25, -0.2) is 0 Å². The molecule has 1 aromatic carbocycles. The van der Waals surface area contributed by atoms with Crippen molar-refractivity contribution in [3.05, 3.63) is 45.3 Å². The van der Waals surface area contributed by atoms with Gasteiger partial charge in [0.2, 0.25) is 0 Å². The van der Waals surface area contributed by atoms with Crippen molar-refractivity contribution in [2.24, 2.45) is 0 Å². The molecule has 0 unspecified atom stereocenters. The van der Waals surface area contributed by atoms with Crippen LogP contribution in [-0.2, 0) is 6.61 Å². The Labute approximate surface area is 109 Å². The molecule has 0 aliphatic carbocycles. The van der Waals surface area contributed by atoms with Gasteiger partial charge in [0.1, 0.15) is 23.8 Å². The quantitative estimate of drug-likeness (QED) is 0.860. The predicted octanol–water partition coefficient (Wildman–Crippen LogP) is 3.94. The van der Waals surface area contributed by atoms with E-state index in [0.29, 0.717) is 6.61 Å². The number of ether oxygens (including phenoxy) is 1. The maximum Gasteiger partial charge on any atom is 0.134 e. The summed E-state index contributed by atoms with van der Waals surface area (Å²) >= 11 is 3.53. The van der Waals surface area contributed by atoms with E-state index in [1.54, 1.807) is 0 Å². The Balaban J connectivity index is 2.09. The Hall–Kier alpha value is -1.29. The molecule has 0 bridgehead atoms. The second-order valence-electron chi connectivity index (χ2n) is 4.09. The Morgan fingerprint density at radius 2 is 1.82 bits per heavy atom. The van der Waals surface area contributed by atoms with Gasteiger partial charge < -0.3 is 9.26 Å². The summed E-state index contributed by atoms with van der Waals surface area (Å²) in [5.74, 6) is 1.65. The zero-order valence-electron chi connectivity index (χ0n) is 10.1. The van der Waals surface area contributed by atoms with E-state index in [1.165, 1.54) is 0 Å². The van der Waals surface area contributed by atoms with E-state index < -0.39 is 0 Å². The molecule has 0 fully saturated rings. The number of aromatic nitrogens is 1. The monoisotopic (exact) mass is 295 g/mol. The van der Waals surface area contributed by atoms with E-state index >= 15 is 0 Å². The number of aryl methyl sites for hydroxylation is 3. The average molecular weight is 296 g/mol. The summed E-state index contributed by atoms with van der Waals surface area (Å²) in [6.07, 6.45) is 0. The predicted molar refractivity (Wildman–Crippen MR) is 69.2 cm³/mol. The Morgan fingerprint density at radius 3 is 2.35 bits per heavy atom. The Kier molecular flexibility index (Phi) is 3.52. The second-order valence-corrected chi connectivity index (χ2v) is 4.88. The van der Waals surface area contributed by atoms with Crippen molar-refractivity contribution in [3.63, 3.8) is 0 Å². The van der Waals surface area contributed by atoms with Crippen LogP contribution in [-0.4, -0.2) is 5.16 Å². The van der Waals surface area contributed by atoms with Crippen molar-refractivity contribution in [1.29, 1.82) is 0 Å². The molecule has 0 N–H and O–H groups in total. The molecule has 0 aliphatic rings. The summed E-state index contributed by atoms with van der Waals surface area (Å²) in [6.45, 7) is 6.39. The van der Waals surface area contributed by atoms with Gasteiger partial charge in [-0.05, 0) is 44.0 Å². The molecule has 0 saturated carbocycles. The summed E-state index contributed by atoms with van der Waals surface area (Å²) in [5.41, 5.74) is 3.13. The van der Waals surface area contributed by atoms with Gasteiger partial charge in [0, 0.05) is 10.5 Å². The molecule has 1 aromatic heterocycles. The first-order valence-electron chi connectivity index (χ1n) is 5.38. The first-order valence-corrected chi connectivity index (χ1v) is 6.17. The lowest BCUT2D eigenvalue weighted by molar-refractivity contribution is 0.287. The number of rotatable bonds is 3. The molecule has 4 heteroatoms. The molecule has 0 radical (unpaired) electrons. The summed E-state index contributed by atoms with van der Waals surface area (Å²) in [4.78, 5) is 0. The number of hydrogen-bond donors (Lipinski definition) is 0. The van der Waals surface area contributed by atoms with Gasteiger partial charge in [-0.2, -0.15) is 0 Å². The van der Waals surface area contributed by atoms with E-state index in [-0.39, 0.29) is 0 Å². The minimum atomic E-state index is 0.428. The summed E-state index contributed by atoms with van der Waals surface area (Å²) in [5, 5.41) is 3.88. The number of halogens is 1. The molecule has 1 heterocycles. The lowest BCUT2D eigenvalue weighted by Crippen LogP contribution is -1.96. The third-order valence-electron chi connectivity index (χ3n) is 2.47. The van der Waals surface area contributed by atoms with Crippen LogP contribution in [0.5, 0.6) is 5.75 Å². The van der Waals surface area contributed by atoms with Gasteiger partial charge in [0.25, 0.3) is 0 Å². The summed E-state index contributed by atoms with van der Waals surface area (Å²) in [7, 11) is 0. The third-order valence-corrected chi connectivity index (χ3v) is 3.72. The fraction of sp³-hybridized carbons (Fsp3) is 0.308. The number of benzene rings is 1. The van der Waals surface area contributed by atoms with Gasteiger partial charge in [0.05, 0.1) is 0 Å². The van der Waals surface area contributed by atoms with Crippen LogP contribution in [0.3, 0.4) is 0 Å². The van der Waals surface area contributed by atoms with Gasteiger partial charge in [-0.15, -0.1) is 0 Å². The highest BCUT2D eigenvalue weighted by Gasteiger charge is 2.05. The maximum absolute atomic E-state index is 5.68. The first kappa shape index (κ1) is 12.2. The van der Waals surface area contributed by atoms with Crippen molar-refractivity contribution < 1.29 is 9.26 Å². The zero-order chi connectivity index (χ0) is 12.4. The minimum absolute atomic E-state index is 0.428. The van der Waals surface area contributed by atoms with E-state index in [4.69, 9.17) is 9.26 Å². The van der Waals surface area contributed by atoms with Gasteiger partial charge >= 0.3 is 0 Å². The largest absolute Gasteiger partial charge is 0.487 e. The van der Waals surface area contributed by atoms with Crippen molar-refractivity contribution in [2.75, 3.05) is 0 Å². The van der Waals surface area contributed by atoms with Gasteiger partial charge in [-0.3, -0.25) is 0 Å². The van der Waals surface area contributed by atoms with E-state index in [0.717, 1.165) is 32.8 Å². The molecule has 17 heavy (non-hydrogen) atoms. The third kappa shape index (κ3) is 2.88. The minimum Gasteiger partial charge on any atom is -0.487 e. The van der Waals surface area contributed by atoms with Crippen molar-refractivity contribution >= 4 is 15.9 Å². The van der Waals surface area contributed by atoms with Gasteiger partial charge in [0.15, 0.2) is 0 Å². The van der Waals surface area contributed by atoms with Crippen LogP contribution in [0.4, 0.5) is 0 Å². The second kappa shape index (κ2) is 4.92. The molecule has 90 valence electrons. The van der Waals surface area contributed by atoms with Crippen molar-refractivity contribution in [3.8, 4) is 5.75 Å². The van der Waals surface area contributed by atoms with Crippen LogP contribution >= 0.6 is 15.9 Å². The molecular formula is C13H14BrNO2. The summed E-state index contributed by atoms with van der Waals surface area (Å²) in [6, 6.07) is 5.88. The SMILES string of the molecule is Cc1cc(COc2cc(C)c(Br)c(C)c2)no1. The molecule has 3 nitrogen and oxygen atoms in total. The van der Waals surface area contributed by atoms with Crippen molar-refractivity contribution in [1.82, 2.24) is 5.16 Å². The van der Waals surface area contributed by atoms with E-state index in [1.807, 2.05) is 39.0 Å². The molecule has 0 amide bonds. The van der Waals surface area contributed by atoms with E-state index in [2.05, 4.69) is 21.1 Å². The highest BCUT2D eigenvalue weighted by atomic mass is 79.9. The van der Waals surface area contributed by atoms with Crippen LogP contribution in [0.1, 0.15) is 22.6 Å². The van der Waals surface area contributed by atoms with Crippen LogP contribution in [0.15, 0.2) is 27.2 Å². The molecular weight excluding hydrogens is 282 g/mol. The standard InChI is InChI=1S/C13H14BrNO2/c1-8-4-12(5-9(2)13(8)14)16-7-11-6-10(3)17-15-11/h4-6H,7H2,1-3H3. The van der Waals surface area contributed by atoms with Crippen molar-refractivity contribution in [2.45, 2.75) is 27.4 Å². The number of nitrogens with zero attached hydrogens (tertiary/aromatic N) is 1. The van der Waals surface area contributed by atoms with Crippen LogP contribution in [0.25, 0.3) is 0 Å². The fourth-order valence-corrected chi connectivity index (χ4v) is 1.86. The summed E-state index contributed by atoms with van der Waals surface area (Å²) < 4.78 is 11.8. The van der Waals surface area contributed by atoms with Gasteiger partial charge in [-0.1, -0.05) is 21.1 Å². The molecule has 0 saturated heterocycles. The lowest BCUT2D eigenvalue weighted by atomic mass is 10.1. The smallest absolute Gasteiger partial charge is 0.134 e. The maximum atomic E-state index is 5.68. The Bertz CT molecular complexity index is 511. The molecule has 0 atom stereocenters. The van der Waals surface area contributed by atoms with Crippen LogP contribution in [0, 0.1) is 20.8 Å². The van der Waals surface area contributed by atoms with Crippen LogP contribution in [0.2, 0.25) is 0 Å². The normalized spacial score (nSPS) is 10.6. The highest BCUT2D eigenvalue weighted by Crippen LogP contribution is 2.26.